The molecule has 0 aliphatic rings. The van der Waals surface area contributed by atoms with E-state index in [1.165, 1.54) is 0 Å². The summed E-state index contributed by atoms with van der Waals surface area (Å²) in [6.07, 6.45) is 2.02. The first-order chi connectivity index (χ1) is 8.15. The standard InChI is InChI=1S/C11H16F2N2O2/c1-2-3-4-16-5-6-17-11-9(13)7-8(12)10(14)15-11/h7H,2-6H2,1H3,(H2,14,15). The zero-order chi connectivity index (χ0) is 12.7. The first kappa shape index (κ1) is 13.6. The van der Waals surface area contributed by atoms with Crippen LogP contribution in [0.2, 0.25) is 0 Å². The number of hydrogen-bond acceptors (Lipinski definition) is 4. The Balaban J connectivity index is 2.34. The number of hydrogen-bond donors (Lipinski definition) is 1. The van der Waals surface area contributed by atoms with Crippen molar-refractivity contribution in [3.05, 3.63) is 17.7 Å². The third-order valence-corrected chi connectivity index (χ3v) is 2.03. The number of halogens is 2. The van der Waals surface area contributed by atoms with Crippen molar-refractivity contribution in [3.63, 3.8) is 0 Å². The number of rotatable bonds is 7. The third kappa shape index (κ3) is 4.52. The Morgan fingerprint density at radius 1 is 1.24 bits per heavy atom. The summed E-state index contributed by atoms with van der Waals surface area (Å²) in [7, 11) is 0. The lowest BCUT2D eigenvalue weighted by atomic mass is 10.4. The van der Waals surface area contributed by atoms with Crippen molar-refractivity contribution in [2.75, 3.05) is 25.6 Å². The van der Waals surface area contributed by atoms with Crippen molar-refractivity contribution in [3.8, 4) is 5.88 Å². The van der Waals surface area contributed by atoms with Crippen molar-refractivity contribution in [1.82, 2.24) is 4.98 Å². The van der Waals surface area contributed by atoms with Gasteiger partial charge in [0.1, 0.15) is 6.61 Å². The SMILES string of the molecule is CCCCOCCOc1nc(N)c(F)cc1F. The van der Waals surface area contributed by atoms with Gasteiger partial charge in [0.25, 0.3) is 5.88 Å². The normalized spacial score (nSPS) is 10.5. The Morgan fingerprint density at radius 2 is 2.00 bits per heavy atom. The van der Waals surface area contributed by atoms with Crippen LogP contribution in [0, 0.1) is 11.6 Å². The molecule has 0 fully saturated rings. The van der Waals surface area contributed by atoms with Gasteiger partial charge in [0.2, 0.25) is 0 Å². The molecule has 0 radical (unpaired) electrons. The molecule has 17 heavy (non-hydrogen) atoms. The zero-order valence-corrected chi connectivity index (χ0v) is 9.71. The van der Waals surface area contributed by atoms with E-state index in [-0.39, 0.29) is 18.3 Å². The highest BCUT2D eigenvalue weighted by atomic mass is 19.1. The van der Waals surface area contributed by atoms with Crippen molar-refractivity contribution < 1.29 is 18.3 Å². The van der Waals surface area contributed by atoms with Crippen LogP contribution in [0.3, 0.4) is 0 Å². The molecule has 4 nitrogen and oxygen atoms in total. The predicted molar refractivity (Wildman–Crippen MR) is 59.8 cm³/mol. The maximum atomic E-state index is 13.1. The Hall–Kier alpha value is -1.43. The highest BCUT2D eigenvalue weighted by molar-refractivity contribution is 5.34. The third-order valence-electron chi connectivity index (χ3n) is 2.03. The lowest BCUT2D eigenvalue weighted by molar-refractivity contribution is 0.0949. The Labute approximate surface area is 98.7 Å². The summed E-state index contributed by atoms with van der Waals surface area (Å²) in [5, 5.41) is 0. The largest absolute Gasteiger partial charge is 0.473 e. The van der Waals surface area contributed by atoms with Gasteiger partial charge in [-0.05, 0) is 6.42 Å². The van der Waals surface area contributed by atoms with Gasteiger partial charge in [0, 0.05) is 12.7 Å². The second kappa shape index (κ2) is 7.01. The molecule has 1 rings (SSSR count). The number of ether oxygens (including phenoxy) is 2. The summed E-state index contributed by atoms with van der Waals surface area (Å²) in [6, 6.07) is 0.648. The molecule has 6 heteroatoms. The lowest BCUT2D eigenvalue weighted by Gasteiger charge is -2.07. The van der Waals surface area contributed by atoms with Crippen LogP contribution in [-0.2, 0) is 4.74 Å². The Morgan fingerprint density at radius 3 is 2.71 bits per heavy atom. The van der Waals surface area contributed by atoms with Crippen LogP contribution in [0.4, 0.5) is 14.6 Å². The number of nitrogens with zero attached hydrogens (tertiary/aromatic N) is 1. The van der Waals surface area contributed by atoms with E-state index >= 15 is 0 Å². The minimum Gasteiger partial charge on any atom is -0.473 e. The lowest BCUT2D eigenvalue weighted by Crippen LogP contribution is -2.10. The smallest absolute Gasteiger partial charge is 0.252 e. The van der Waals surface area contributed by atoms with Crippen LogP contribution < -0.4 is 10.5 Å². The van der Waals surface area contributed by atoms with Gasteiger partial charge in [-0.3, -0.25) is 0 Å². The fraction of sp³-hybridized carbons (Fsp3) is 0.545. The second-order valence-electron chi connectivity index (χ2n) is 3.46. The van der Waals surface area contributed by atoms with Crippen molar-refractivity contribution >= 4 is 5.82 Å². The summed E-state index contributed by atoms with van der Waals surface area (Å²) >= 11 is 0. The summed E-state index contributed by atoms with van der Waals surface area (Å²) in [6.45, 7) is 3.18. The molecule has 1 aromatic rings. The Kier molecular flexibility index (Phi) is 5.62. The highest BCUT2D eigenvalue weighted by Crippen LogP contribution is 2.18. The van der Waals surface area contributed by atoms with E-state index in [0.717, 1.165) is 12.8 Å². The van der Waals surface area contributed by atoms with Gasteiger partial charge in [-0.1, -0.05) is 13.3 Å². The van der Waals surface area contributed by atoms with Crippen LogP contribution in [0.15, 0.2) is 6.07 Å². The minimum atomic E-state index is -0.894. The first-order valence-corrected chi connectivity index (χ1v) is 5.47. The van der Waals surface area contributed by atoms with Crippen molar-refractivity contribution in [1.29, 1.82) is 0 Å². The first-order valence-electron chi connectivity index (χ1n) is 5.47. The van der Waals surface area contributed by atoms with E-state index in [1.807, 2.05) is 0 Å². The average Bonchev–Trinajstić information content (AvgIpc) is 2.30. The maximum absolute atomic E-state index is 13.1. The van der Waals surface area contributed by atoms with Gasteiger partial charge in [-0.2, -0.15) is 4.98 Å². The fourth-order valence-electron chi connectivity index (χ4n) is 1.11. The van der Waals surface area contributed by atoms with E-state index in [9.17, 15) is 8.78 Å². The second-order valence-corrected chi connectivity index (χ2v) is 3.46. The summed E-state index contributed by atoms with van der Waals surface area (Å²) in [5.74, 6) is -2.45. The number of aromatic nitrogens is 1. The summed E-state index contributed by atoms with van der Waals surface area (Å²) < 4.78 is 36.1. The highest BCUT2D eigenvalue weighted by Gasteiger charge is 2.10. The molecule has 0 spiro atoms. The maximum Gasteiger partial charge on any atom is 0.252 e. The van der Waals surface area contributed by atoms with E-state index in [1.54, 1.807) is 0 Å². The van der Waals surface area contributed by atoms with Gasteiger partial charge < -0.3 is 15.2 Å². The number of pyridine rings is 1. The summed E-state index contributed by atoms with van der Waals surface area (Å²) in [4.78, 5) is 3.46. The number of unbranched alkanes of at least 4 members (excludes halogenated alkanes) is 1. The minimum absolute atomic E-state index is 0.151. The van der Waals surface area contributed by atoms with Gasteiger partial charge in [0.05, 0.1) is 6.61 Å². The zero-order valence-electron chi connectivity index (χ0n) is 9.71. The van der Waals surface area contributed by atoms with E-state index in [0.29, 0.717) is 19.3 Å². The van der Waals surface area contributed by atoms with Crippen LogP contribution in [0.1, 0.15) is 19.8 Å². The molecule has 0 aliphatic heterocycles. The molecular formula is C11H16F2N2O2. The molecule has 0 unspecified atom stereocenters. The van der Waals surface area contributed by atoms with Crippen LogP contribution in [0.5, 0.6) is 5.88 Å². The van der Waals surface area contributed by atoms with Gasteiger partial charge >= 0.3 is 0 Å². The Bertz CT molecular complexity index is 362. The van der Waals surface area contributed by atoms with Crippen LogP contribution >= 0.6 is 0 Å². The molecule has 0 amide bonds. The molecule has 0 saturated heterocycles. The van der Waals surface area contributed by atoms with Gasteiger partial charge in [0.15, 0.2) is 17.5 Å². The fourth-order valence-corrected chi connectivity index (χ4v) is 1.11. The average molecular weight is 246 g/mol. The molecule has 96 valence electrons. The van der Waals surface area contributed by atoms with Crippen LogP contribution in [0.25, 0.3) is 0 Å². The molecule has 1 aromatic heterocycles. The van der Waals surface area contributed by atoms with Gasteiger partial charge in [-0.15, -0.1) is 0 Å². The number of nitrogen functional groups attached to an aromatic ring is 1. The molecule has 1 heterocycles. The molecular weight excluding hydrogens is 230 g/mol. The molecule has 2 N–H and O–H groups in total. The monoisotopic (exact) mass is 246 g/mol. The number of nitrogens with two attached hydrogens (primary N) is 1. The molecule has 0 atom stereocenters. The molecule has 0 bridgehead atoms. The van der Waals surface area contributed by atoms with Crippen LogP contribution in [-0.4, -0.2) is 24.8 Å². The molecule has 0 aromatic carbocycles. The van der Waals surface area contributed by atoms with Crippen molar-refractivity contribution in [2.45, 2.75) is 19.8 Å². The molecule has 0 aliphatic carbocycles. The predicted octanol–water partition coefficient (Wildman–Crippen LogP) is 2.14. The summed E-state index contributed by atoms with van der Waals surface area (Å²) in [5.41, 5.74) is 5.20. The quantitative estimate of drug-likeness (QED) is 0.749. The van der Waals surface area contributed by atoms with Crippen molar-refractivity contribution in [2.24, 2.45) is 0 Å². The number of anilines is 1. The van der Waals surface area contributed by atoms with Gasteiger partial charge in [-0.25, -0.2) is 8.78 Å². The van der Waals surface area contributed by atoms with E-state index in [4.69, 9.17) is 15.2 Å². The van der Waals surface area contributed by atoms with E-state index < -0.39 is 11.6 Å². The molecule has 0 saturated carbocycles. The topological polar surface area (TPSA) is 57.4 Å². The van der Waals surface area contributed by atoms with E-state index in [2.05, 4.69) is 11.9 Å².